The van der Waals surface area contributed by atoms with Crippen LogP contribution in [0.4, 0.5) is 0 Å². The molecule has 3 aromatic heterocycles. The van der Waals surface area contributed by atoms with Crippen molar-refractivity contribution in [3.05, 3.63) is 46.2 Å². The molecule has 4 aromatic rings. The number of unbranched alkanes of at least 4 members (excludes halogenated alkanes) is 6. The van der Waals surface area contributed by atoms with Gasteiger partial charge in [-0.25, -0.2) is 0 Å². The quantitative estimate of drug-likeness (QED) is 0.193. The molecule has 4 rings (SSSR count). The number of aryl methyl sites for hydroxylation is 2. The van der Waals surface area contributed by atoms with Crippen molar-refractivity contribution >= 4 is 45.4 Å². The summed E-state index contributed by atoms with van der Waals surface area (Å²) in [5, 5.41) is 4.47. The van der Waals surface area contributed by atoms with Crippen LogP contribution < -0.4 is 0 Å². The molecule has 31 heavy (non-hydrogen) atoms. The van der Waals surface area contributed by atoms with Crippen molar-refractivity contribution < 1.29 is 0 Å². The van der Waals surface area contributed by atoms with Gasteiger partial charge in [-0.1, -0.05) is 64.5 Å². The van der Waals surface area contributed by atoms with E-state index in [-0.39, 0.29) is 0 Å². The van der Waals surface area contributed by atoms with Crippen molar-refractivity contribution in [1.29, 1.82) is 0 Å². The van der Waals surface area contributed by atoms with Crippen LogP contribution in [-0.4, -0.2) is 8.75 Å². The van der Waals surface area contributed by atoms with E-state index in [1.165, 1.54) is 95.1 Å². The van der Waals surface area contributed by atoms with Crippen LogP contribution >= 0.6 is 34.4 Å². The first kappa shape index (κ1) is 22.6. The number of thiophene rings is 2. The average Bonchev–Trinajstić information content (AvgIpc) is 3.54. The van der Waals surface area contributed by atoms with Gasteiger partial charge in [0.1, 0.15) is 11.0 Å². The van der Waals surface area contributed by atoms with Crippen LogP contribution in [0.5, 0.6) is 0 Å². The lowest BCUT2D eigenvalue weighted by Gasteiger charge is -2.09. The van der Waals surface area contributed by atoms with Gasteiger partial charge in [0, 0.05) is 20.9 Å². The van der Waals surface area contributed by atoms with E-state index in [0.29, 0.717) is 0 Å². The van der Waals surface area contributed by atoms with Gasteiger partial charge >= 0.3 is 0 Å². The first-order valence-electron chi connectivity index (χ1n) is 11.7. The number of aromatic nitrogens is 2. The Labute approximate surface area is 198 Å². The number of benzene rings is 1. The van der Waals surface area contributed by atoms with Crippen LogP contribution in [0, 0.1) is 0 Å². The molecule has 0 aliphatic heterocycles. The molecule has 1 aromatic carbocycles. The fourth-order valence-corrected chi connectivity index (χ4v) is 6.79. The predicted molar refractivity (Wildman–Crippen MR) is 140 cm³/mol. The Hall–Kier alpha value is -1.56. The molecule has 0 aliphatic carbocycles. The molecular weight excluding hydrogens is 437 g/mol. The summed E-state index contributed by atoms with van der Waals surface area (Å²) in [6.07, 6.45) is 12.7. The largest absolute Gasteiger partial charge is 0.172 e. The van der Waals surface area contributed by atoms with Crippen LogP contribution in [0.3, 0.4) is 0 Å². The highest BCUT2D eigenvalue weighted by molar-refractivity contribution is 7.14. The van der Waals surface area contributed by atoms with Crippen LogP contribution in [-0.2, 0) is 12.8 Å². The predicted octanol–water partition coefficient (Wildman–Crippen LogP) is 9.39. The second-order valence-corrected chi connectivity index (χ2v) is 10.7. The highest BCUT2D eigenvalue weighted by Gasteiger charge is 2.18. The van der Waals surface area contributed by atoms with Gasteiger partial charge in [-0.3, -0.25) is 0 Å². The molecule has 0 saturated carbocycles. The summed E-state index contributed by atoms with van der Waals surface area (Å²) in [6.45, 7) is 4.54. The summed E-state index contributed by atoms with van der Waals surface area (Å²) in [5.41, 5.74) is 7.60. The Morgan fingerprint density at radius 1 is 0.613 bits per heavy atom. The van der Waals surface area contributed by atoms with Crippen molar-refractivity contribution in [2.75, 3.05) is 0 Å². The second kappa shape index (κ2) is 11.3. The molecule has 0 fully saturated rings. The standard InChI is InChI=1S/C26H32N2S3/c1-3-5-7-9-11-19-15-17-29-25(19)21-13-14-22(24-23(21)27-31-28-24)26-20(16-18-30-26)12-10-8-6-4-2/h13-18H,3-12H2,1-2H3. The van der Waals surface area contributed by atoms with E-state index < -0.39 is 0 Å². The van der Waals surface area contributed by atoms with Crippen molar-refractivity contribution in [2.24, 2.45) is 0 Å². The maximum absolute atomic E-state index is 4.75. The third-order valence-electron chi connectivity index (χ3n) is 6.00. The molecule has 3 heterocycles. The van der Waals surface area contributed by atoms with Crippen LogP contribution in [0.15, 0.2) is 35.0 Å². The molecule has 0 bridgehead atoms. The van der Waals surface area contributed by atoms with E-state index in [1.807, 2.05) is 22.7 Å². The number of fused-ring (bicyclic) bond motifs is 1. The van der Waals surface area contributed by atoms with Crippen LogP contribution in [0.25, 0.3) is 31.9 Å². The topological polar surface area (TPSA) is 25.8 Å². The molecule has 5 heteroatoms. The van der Waals surface area contributed by atoms with E-state index in [9.17, 15) is 0 Å². The van der Waals surface area contributed by atoms with E-state index in [4.69, 9.17) is 8.75 Å². The Bertz CT molecular complexity index is 1000. The lowest BCUT2D eigenvalue weighted by atomic mass is 9.99. The van der Waals surface area contributed by atoms with Gasteiger partial charge in [0.2, 0.25) is 0 Å². The summed E-state index contributed by atoms with van der Waals surface area (Å²) in [6, 6.07) is 9.19. The Balaban J connectivity index is 1.61. The molecule has 0 N–H and O–H groups in total. The van der Waals surface area contributed by atoms with E-state index >= 15 is 0 Å². The van der Waals surface area contributed by atoms with Gasteiger partial charge in [-0.2, -0.15) is 8.75 Å². The van der Waals surface area contributed by atoms with Gasteiger partial charge < -0.3 is 0 Å². The average molecular weight is 469 g/mol. The Kier molecular flexibility index (Phi) is 8.28. The highest BCUT2D eigenvalue weighted by atomic mass is 32.1. The number of hydrogen-bond donors (Lipinski definition) is 0. The lowest BCUT2D eigenvalue weighted by Crippen LogP contribution is -1.90. The third-order valence-corrected chi connectivity index (χ3v) is 8.51. The molecule has 2 nitrogen and oxygen atoms in total. The molecule has 0 aliphatic rings. The van der Waals surface area contributed by atoms with Gasteiger partial charge in [0.15, 0.2) is 0 Å². The van der Waals surface area contributed by atoms with Crippen molar-refractivity contribution in [3.8, 4) is 20.9 Å². The summed E-state index contributed by atoms with van der Waals surface area (Å²) in [7, 11) is 0. The minimum atomic E-state index is 1.07. The summed E-state index contributed by atoms with van der Waals surface area (Å²) >= 11 is 5.04. The molecule has 0 unspecified atom stereocenters. The summed E-state index contributed by atoms with van der Waals surface area (Å²) in [4.78, 5) is 2.76. The fourth-order valence-electron chi connectivity index (χ4n) is 4.26. The first-order valence-corrected chi connectivity index (χ1v) is 14.2. The van der Waals surface area contributed by atoms with Crippen molar-refractivity contribution in [1.82, 2.24) is 8.75 Å². The minimum absolute atomic E-state index is 1.07. The van der Waals surface area contributed by atoms with E-state index in [1.54, 1.807) is 0 Å². The molecule has 0 spiro atoms. The van der Waals surface area contributed by atoms with Crippen molar-refractivity contribution in [2.45, 2.75) is 78.1 Å². The molecule has 0 atom stereocenters. The van der Waals surface area contributed by atoms with Gasteiger partial charge in [0.25, 0.3) is 0 Å². The number of hydrogen-bond acceptors (Lipinski definition) is 5. The zero-order chi connectivity index (χ0) is 21.5. The fraction of sp³-hybridized carbons (Fsp3) is 0.462. The Morgan fingerprint density at radius 2 is 1.10 bits per heavy atom. The number of nitrogens with zero attached hydrogens (tertiary/aromatic N) is 2. The minimum Gasteiger partial charge on any atom is -0.172 e. The van der Waals surface area contributed by atoms with Gasteiger partial charge in [0.05, 0.1) is 11.7 Å². The van der Waals surface area contributed by atoms with E-state index in [2.05, 4.69) is 48.9 Å². The maximum atomic E-state index is 4.75. The summed E-state index contributed by atoms with van der Waals surface area (Å²) in [5.74, 6) is 0. The molecule has 0 saturated heterocycles. The maximum Gasteiger partial charge on any atom is 0.114 e. The van der Waals surface area contributed by atoms with Gasteiger partial charge in [-0.05, 0) is 59.7 Å². The van der Waals surface area contributed by atoms with Crippen LogP contribution in [0.2, 0.25) is 0 Å². The third kappa shape index (κ3) is 5.27. The Morgan fingerprint density at radius 3 is 1.55 bits per heavy atom. The van der Waals surface area contributed by atoms with Crippen LogP contribution in [0.1, 0.15) is 76.3 Å². The first-order chi connectivity index (χ1) is 15.3. The molecule has 0 radical (unpaired) electrons. The monoisotopic (exact) mass is 468 g/mol. The molecule has 0 amide bonds. The van der Waals surface area contributed by atoms with E-state index in [0.717, 1.165) is 23.9 Å². The smallest absolute Gasteiger partial charge is 0.114 e. The highest BCUT2D eigenvalue weighted by Crippen LogP contribution is 2.41. The zero-order valence-corrected chi connectivity index (χ0v) is 21.1. The summed E-state index contributed by atoms with van der Waals surface area (Å²) < 4.78 is 9.51. The normalized spacial score (nSPS) is 11.5. The SMILES string of the molecule is CCCCCCc1ccsc1-c1ccc(-c2sccc2CCCCCC)c2nsnc12. The van der Waals surface area contributed by atoms with Crippen molar-refractivity contribution in [3.63, 3.8) is 0 Å². The molecule has 164 valence electrons. The zero-order valence-electron chi connectivity index (χ0n) is 18.7. The molecular formula is C26H32N2S3. The van der Waals surface area contributed by atoms with Gasteiger partial charge in [-0.15, -0.1) is 22.7 Å². The number of rotatable bonds is 12. The second-order valence-electron chi connectivity index (χ2n) is 8.29. The lowest BCUT2D eigenvalue weighted by molar-refractivity contribution is 0.668.